The minimum Gasteiger partial charge on any atom is -0.494 e. The summed E-state index contributed by atoms with van der Waals surface area (Å²) in [6, 6.07) is 10.1. The molecule has 0 aliphatic rings. The van der Waals surface area contributed by atoms with Gasteiger partial charge in [-0.25, -0.2) is 9.97 Å². The van der Waals surface area contributed by atoms with Crippen molar-refractivity contribution in [1.82, 2.24) is 9.97 Å². The standard InChI is InChI=1S/C16H16N2O2S/c1-2-19-13-5-3-12(4-6-13)7-9-20-15-14-8-10-21-16(14)18-11-17-15/h3-6,8,10-11H,2,7,9H2,1H3. The number of nitrogens with zero attached hydrogens (tertiary/aromatic N) is 2. The van der Waals surface area contributed by atoms with Crippen molar-refractivity contribution in [2.45, 2.75) is 13.3 Å². The van der Waals surface area contributed by atoms with Crippen molar-refractivity contribution >= 4 is 21.6 Å². The lowest BCUT2D eigenvalue weighted by molar-refractivity contribution is 0.313. The van der Waals surface area contributed by atoms with Gasteiger partial charge in [-0.05, 0) is 36.1 Å². The van der Waals surface area contributed by atoms with E-state index in [-0.39, 0.29) is 0 Å². The van der Waals surface area contributed by atoms with Crippen LogP contribution in [-0.4, -0.2) is 23.2 Å². The Balaban J connectivity index is 1.59. The van der Waals surface area contributed by atoms with Gasteiger partial charge < -0.3 is 9.47 Å². The van der Waals surface area contributed by atoms with Crippen LogP contribution in [0.25, 0.3) is 10.2 Å². The summed E-state index contributed by atoms with van der Waals surface area (Å²) in [5.41, 5.74) is 1.22. The molecule has 0 aliphatic heterocycles. The van der Waals surface area contributed by atoms with E-state index in [0.717, 1.165) is 22.4 Å². The number of rotatable bonds is 6. The summed E-state index contributed by atoms with van der Waals surface area (Å²) < 4.78 is 11.2. The summed E-state index contributed by atoms with van der Waals surface area (Å²) in [6.07, 6.45) is 2.38. The molecule has 4 nitrogen and oxygen atoms in total. The maximum atomic E-state index is 5.78. The maximum absolute atomic E-state index is 5.78. The van der Waals surface area contributed by atoms with E-state index in [1.165, 1.54) is 5.56 Å². The number of thiophene rings is 1. The number of hydrogen-bond acceptors (Lipinski definition) is 5. The molecule has 0 saturated carbocycles. The van der Waals surface area contributed by atoms with E-state index in [4.69, 9.17) is 9.47 Å². The second-order valence-electron chi connectivity index (χ2n) is 4.49. The smallest absolute Gasteiger partial charge is 0.225 e. The first kappa shape index (κ1) is 13.8. The molecule has 0 saturated heterocycles. The van der Waals surface area contributed by atoms with E-state index < -0.39 is 0 Å². The molecule has 2 aromatic heterocycles. The Labute approximate surface area is 127 Å². The molecule has 0 amide bonds. The summed E-state index contributed by atoms with van der Waals surface area (Å²) >= 11 is 1.59. The van der Waals surface area contributed by atoms with Gasteiger partial charge in [0.1, 0.15) is 16.9 Å². The topological polar surface area (TPSA) is 44.2 Å². The van der Waals surface area contributed by atoms with Crippen molar-refractivity contribution in [3.63, 3.8) is 0 Å². The van der Waals surface area contributed by atoms with Crippen LogP contribution in [0.1, 0.15) is 12.5 Å². The molecule has 0 N–H and O–H groups in total. The molecule has 0 bridgehead atoms. The highest BCUT2D eigenvalue weighted by Crippen LogP contribution is 2.25. The van der Waals surface area contributed by atoms with Crippen molar-refractivity contribution in [2.24, 2.45) is 0 Å². The van der Waals surface area contributed by atoms with Crippen LogP contribution in [0.15, 0.2) is 42.0 Å². The summed E-state index contributed by atoms with van der Waals surface area (Å²) in [5, 5.41) is 2.98. The average molecular weight is 300 g/mol. The van der Waals surface area contributed by atoms with Gasteiger partial charge in [0, 0.05) is 6.42 Å². The zero-order chi connectivity index (χ0) is 14.5. The number of ether oxygens (including phenoxy) is 2. The minimum absolute atomic E-state index is 0.593. The third-order valence-electron chi connectivity index (χ3n) is 3.09. The Hall–Kier alpha value is -2.14. The van der Waals surface area contributed by atoms with Gasteiger partial charge in [0.25, 0.3) is 0 Å². The van der Waals surface area contributed by atoms with Crippen LogP contribution in [0, 0.1) is 0 Å². The average Bonchev–Trinajstić information content (AvgIpc) is 2.99. The lowest BCUT2D eigenvalue weighted by Crippen LogP contribution is -2.03. The van der Waals surface area contributed by atoms with Gasteiger partial charge in [-0.15, -0.1) is 11.3 Å². The van der Waals surface area contributed by atoms with E-state index in [9.17, 15) is 0 Å². The van der Waals surface area contributed by atoms with Crippen molar-refractivity contribution in [2.75, 3.05) is 13.2 Å². The third-order valence-corrected chi connectivity index (χ3v) is 3.91. The number of fused-ring (bicyclic) bond motifs is 1. The molecular formula is C16H16N2O2S. The second kappa shape index (κ2) is 6.54. The molecular weight excluding hydrogens is 284 g/mol. The van der Waals surface area contributed by atoms with Gasteiger partial charge in [-0.2, -0.15) is 0 Å². The van der Waals surface area contributed by atoms with Gasteiger partial charge in [0.2, 0.25) is 5.88 Å². The highest BCUT2D eigenvalue weighted by molar-refractivity contribution is 7.16. The zero-order valence-corrected chi connectivity index (χ0v) is 12.6. The van der Waals surface area contributed by atoms with Crippen LogP contribution in [0.3, 0.4) is 0 Å². The molecule has 21 heavy (non-hydrogen) atoms. The van der Waals surface area contributed by atoms with Crippen LogP contribution >= 0.6 is 11.3 Å². The SMILES string of the molecule is CCOc1ccc(CCOc2ncnc3sccc23)cc1. The molecule has 0 fully saturated rings. The van der Waals surface area contributed by atoms with Gasteiger partial charge in [-0.1, -0.05) is 12.1 Å². The Bertz CT molecular complexity index is 710. The van der Waals surface area contributed by atoms with E-state index in [1.807, 2.05) is 30.5 Å². The molecule has 1 aromatic carbocycles. The van der Waals surface area contributed by atoms with Crippen LogP contribution in [0.5, 0.6) is 11.6 Å². The normalized spacial score (nSPS) is 10.7. The monoisotopic (exact) mass is 300 g/mol. The quantitative estimate of drug-likeness (QED) is 0.696. The fourth-order valence-electron chi connectivity index (χ4n) is 2.07. The first-order valence-electron chi connectivity index (χ1n) is 6.89. The van der Waals surface area contributed by atoms with Crippen LogP contribution in [-0.2, 0) is 6.42 Å². The summed E-state index contributed by atoms with van der Waals surface area (Å²) in [6.45, 7) is 3.26. The molecule has 3 aromatic rings. The molecule has 108 valence electrons. The van der Waals surface area contributed by atoms with Gasteiger partial charge >= 0.3 is 0 Å². The molecule has 0 unspecified atom stereocenters. The van der Waals surface area contributed by atoms with Crippen molar-refractivity contribution in [1.29, 1.82) is 0 Å². The Morgan fingerprint density at radius 1 is 1.05 bits per heavy atom. The minimum atomic E-state index is 0.593. The molecule has 5 heteroatoms. The first-order chi connectivity index (χ1) is 10.4. The number of aromatic nitrogens is 2. The largest absolute Gasteiger partial charge is 0.494 e. The Morgan fingerprint density at radius 3 is 2.71 bits per heavy atom. The molecule has 0 aliphatic carbocycles. The van der Waals surface area contributed by atoms with E-state index in [1.54, 1.807) is 17.7 Å². The van der Waals surface area contributed by atoms with Gasteiger partial charge in [0.05, 0.1) is 18.6 Å². The predicted molar refractivity (Wildman–Crippen MR) is 84.2 cm³/mol. The molecule has 0 radical (unpaired) electrons. The van der Waals surface area contributed by atoms with Crippen molar-refractivity contribution < 1.29 is 9.47 Å². The molecule has 3 rings (SSSR count). The third kappa shape index (κ3) is 3.31. The van der Waals surface area contributed by atoms with Crippen molar-refractivity contribution in [3.05, 3.63) is 47.6 Å². The lowest BCUT2D eigenvalue weighted by atomic mass is 10.1. The van der Waals surface area contributed by atoms with E-state index >= 15 is 0 Å². The highest BCUT2D eigenvalue weighted by Gasteiger charge is 2.05. The number of hydrogen-bond donors (Lipinski definition) is 0. The van der Waals surface area contributed by atoms with E-state index in [2.05, 4.69) is 22.1 Å². The molecule has 0 spiro atoms. The summed E-state index contributed by atoms with van der Waals surface area (Å²) in [4.78, 5) is 9.37. The molecule has 0 atom stereocenters. The summed E-state index contributed by atoms with van der Waals surface area (Å²) in [5.74, 6) is 1.56. The van der Waals surface area contributed by atoms with Crippen molar-refractivity contribution in [3.8, 4) is 11.6 Å². The Kier molecular flexibility index (Phi) is 4.31. The second-order valence-corrected chi connectivity index (χ2v) is 5.39. The Morgan fingerprint density at radius 2 is 1.90 bits per heavy atom. The van der Waals surface area contributed by atoms with Crippen LogP contribution in [0.4, 0.5) is 0 Å². The van der Waals surface area contributed by atoms with Gasteiger partial charge in [0.15, 0.2) is 0 Å². The fourth-order valence-corrected chi connectivity index (χ4v) is 2.79. The number of benzene rings is 1. The van der Waals surface area contributed by atoms with Crippen LogP contribution < -0.4 is 9.47 Å². The summed E-state index contributed by atoms with van der Waals surface area (Å²) in [7, 11) is 0. The maximum Gasteiger partial charge on any atom is 0.225 e. The molecule has 2 heterocycles. The first-order valence-corrected chi connectivity index (χ1v) is 7.77. The fraction of sp³-hybridized carbons (Fsp3) is 0.250. The van der Waals surface area contributed by atoms with Gasteiger partial charge in [-0.3, -0.25) is 0 Å². The predicted octanol–water partition coefficient (Wildman–Crippen LogP) is 3.71. The zero-order valence-electron chi connectivity index (χ0n) is 11.8. The van der Waals surface area contributed by atoms with E-state index in [0.29, 0.717) is 19.1 Å². The van der Waals surface area contributed by atoms with Crippen LogP contribution in [0.2, 0.25) is 0 Å². The lowest BCUT2D eigenvalue weighted by Gasteiger charge is -2.07. The highest BCUT2D eigenvalue weighted by atomic mass is 32.1.